The third kappa shape index (κ3) is 6.94. The Bertz CT molecular complexity index is 1340. The zero-order valence-corrected chi connectivity index (χ0v) is 20.5. The molecule has 0 saturated heterocycles. The molecule has 0 aliphatic heterocycles. The van der Waals surface area contributed by atoms with Crippen LogP contribution in [0.4, 0.5) is 29.2 Å². The minimum Gasteiger partial charge on any atom is -0.397 e. The van der Waals surface area contributed by atoms with Crippen LogP contribution in [-0.4, -0.2) is 28.5 Å². The van der Waals surface area contributed by atoms with Crippen LogP contribution in [0.2, 0.25) is 0 Å². The normalized spacial score (nSPS) is 12.5. The molecule has 0 bridgehead atoms. The number of nitrogens with one attached hydrogen (secondary N) is 5. The van der Waals surface area contributed by atoms with E-state index in [1.54, 1.807) is 24.3 Å². The first-order chi connectivity index (χ1) is 18.1. The van der Waals surface area contributed by atoms with Crippen LogP contribution in [0.15, 0.2) is 78.9 Å². The van der Waals surface area contributed by atoms with Crippen LogP contribution in [0.5, 0.6) is 0 Å². The molecule has 1 amide bonds. The lowest BCUT2D eigenvalue weighted by atomic mass is 10.1. The average molecular weight is 496 g/mol. The van der Waals surface area contributed by atoms with Crippen LogP contribution >= 0.6 is 0 Å². The van der Waals surface area contributed by atoms with Gasteiger partial charge in [-0.15, -0.1) is 0 Å². The molecular weight excluding hydrogens is 464 g/mol. The average Bonchev–Trinajstić information content (AvgIpc) is 3.74. The second kappa shape index (κ2) is 11.4. The Morgan fingerprint density at radius 3 is 2.30 bits per heavy atom. The molecule has 188 valence electrons. The van der Waals surface area contributed by atoms with Crippen molar-refractivity contribution in [3.05, 3.63) is 95.6 Å². The van der Waals surface area contributed by atoms with Gasteiger partial charge in [-0.2, -0.15) is 0 Å². The molecule has 3 aromatic carbocycles. The number of rotatable bonds is 11. The molecular formula is C28H31N8O+. The van der Waals surface area contributed by atoms with E-state index in [2.05, 4.69) is 48.4 Å². The van der Waals surface area contributed by atoms with Gasteiger partial charge < -0.3 is 27.0 Å². The van der Waals surface area contributed by atoms with E-state index in [0.29, 0.717) is 47.4 Å². The zero-order chi connectivity index (χ0) is 25.5. The van der Waals surface area contributed by atoms with E-state index in [1.165, 1.54) is 5.56 Å². The fourth-order valence-corrected chi connectivity index (χ4v) is 3.78. The molecule has 5 rings (SSSR count). The van der Waals surface area contributed by atoms with Crippen LogP contribution in [-0.2, 0) is 13.0 Å². The van der Waals surface area contributed by atoms with Gasteiger partial charge in [0.05, 0.1) is 17.9 Å². The van der Waals surface area contributed by atoms with Gasteiger partial charge in [-0.1, -0.05) is 64.6 Å². The highest BCUT2D eigenvalue weighted by Crippen LogP contribution is 2.23. The molecule has 9 heteroatoms. The second-order valence-corrected chi connectivity index (χ2v) is 9.04. The molecule has 4 aromatic rings. The van der Waals surface area contributed by atoms with E-state index < -0.39 is 0 Å². The number of nitrogens with two attached hydrogens (primary N) is 1. The first kappa shape index (κ1) is 24.1. The molecule has 0 unspecified atom stereocenters. The quantitative estimate of drug-likeness (QED) is 0.199. The largest absolute Gasteiger partial charge is 0.397 e. The van der Waals surface area contributed by atoms with Crippen molar-refractivity contribution in [3.63, 3.8) is 0 Å². The number of hydrogen-bond donors (Lipinski definition) is 5. The van der Waals surface area contributed by atoms with Crippen LogP contribution in [0.3, 0.4) is 0 Å². The number of hydrogen-bond acceptors (Lipinski definition) is 7. The second-order valence-electron chi connectivity index (χ2n) is 9.04. The summed E-state index contributed by atoms with van der Waals surface area (Å²) in [7, 11) is 0. The molecule has 1 saturated carbocycles. The number of carbonyl (C=O) groups excluding carboxylic acids is 1. The van der Waals surface area contributed by atoms with Crippen LogP contribution < -0.4 is 32.0 Å². The molecule has 9 nitrogen and oxygen atoms in total. The third-order valence-corrected chi connectivity index (χ3v) is 6.02. The Morgan fingerprint density at radius 2 is 1.57 bits per heavy atom. The van der Waals surface area contributed by atoms with E-state index in [4.69, 9.17) is 5.73 Å². The summed E-state index contributed by atoms with van der Waals surface area (Å²) < 4.78 is 0. The molecule has 0 spiro atoms. The summed E-state index contributed by atoms with van der Waals surface area (Å²) >= 11 is 0. The Hall–Kier alpha value is -4.66. The fourth-order valence-electron chi connectivity index (χ4n) is 3.78. The minimum absolute atomic E-state index is 0.205. The summed E-state index contributed by atoms with van der Waals surface area (Å²) in [5, 5.41) is 12.9. The summed E-state index contributed by atoms with van der Waals surface area (Å²) in [6.45, 7) is 1.28. The number of benzene rings is 3. The van der Waals surface area contributed by atoms with Crippen LogP contribution in [0.25, 0.3) is 0 Å². The summed E-state index contributed by atoms with van der Waals surface area (Å²) in [6, 6.07) is 25.4. The van der Waals surface area contributed by atoms with Crippen molar-refractivity contribution in [2.45, 2.75) is 31.8 Å². The first-order valence-electron chi connectivity index (χ1n) is 12.5. The van der Waals surface area contributed by atoms with Crippen molar-refractivity contribution < 1.29 is 9.78 Å². The lowest BCUT2D eigenvalue weighted by Gasteiger charge is -2.09. The predicted octanol–water partition coefficient (Wildman–Crippen LogP) is 3.97. The Labute approximate surface area is 216 Å². The van der Waals surface area contributed by atoms with Gasteiger partial charge in [0, 0.05) is 18.2 Å². The van der Waals surface area contributed by atoms with Crippen LogP contribution in [0.1, 0.15) is 34.3 Å². The highest BCUT2D eigenvalue weighted by molar-refractivity contribution is 6.05. The standard InChI is InChI=1S/C28H30N8O/c29-23-8-4-5-9-24(23)33-25(37)21-12-10-20(11-13-21)18-31-27-34-26(35-28(36-27)32-22-14-15-22)30-17-16-19-6-2-1-3-7-19/h1-13,22H,14-18,29H2,(H,33,37)(H3,30,31,32,34,35,36)/p+1. The maximum atomic E-state index is 12.6. The van der Waals surface area contributed by atoms with Gasteiger partial charge in [0.25, 0.3) is 5.91 Å². The van der Waals surface area contributed by atoms with Gasteiger partial charge >= 0.3 is 17.8 Å². The Balaban J connectivity index is 1.19. The van der Waals surface area contributed by atoms with E-state index in [0.717, 1.165) is 31.4 Å². The summed E-state index contributed by atoms with van der Waals surface area (Å²) in [4.78, 5) is 25.0. The summed E-state index contributed by atoms with van der Waals surface area (Å²) in [5.41, 5.74) is 9.89. The number of anilines is 5. The lowest BCUT2D eigenvalue weighted by Crippen LogP contribution is -2.24. The molecule has 1 aliphatic rings. The van der Waals surface area contributed by atoms with Crippen molar-refractivity contribution in [1.82, 2.24) is 9.97 Å². The van der Waals surface area contributed by atoms with E-state index in [-0.39, 0.29) is 5.91 Å². The Morgan fingerprint density at radius 1 is 0.865 bits per heavy atom. The number of nitrogen functional groups attached to an aromatic ring is 1. The van der Waals surface area contributed by atoms with Crippen molar-refractivity contribution in [3.8, 4) is 0 Å². The highest BCUT2D eigenvalue weighted by atomic mass is 16.1. The van der Waals surface area contributed by atoms with E-state index in [9.17, 15) is 4.79 Å². The van der Waals surface area contributed by atoms with E-state index in [1.807, 2.05) is 42.5 Å². The third-order valence-electron chi connectivity index (χ3n) is 6.02. The molecule has 0 radical (unpaired) electrons. The van der Waals surface area contributed by atoms with Gasteiger partial charge in [0.2, 0.25) is 0 Å². The topological polar surface area (TPSA) is 131 Å². The maximum Gasteiger partial charge on any atom is 0.322 e. The smallest absolute Gasteiger partial charge is 0.322 e. The number of amides is 1. The van der Waals surface area contributed by atoms with Gasteiger partial charge in [-0.25, -0.2) is 4.98 Å². The molecule has 1 aliphatic carbocycles. The maximum absolute atomic E-state index is 12.6. The number of aromatic amines is 1. The molecule has 1 fully saturated rings. The number of para-hydroxylation sites is 2. The van der Waals surface area contributed by atoms with Gasteiger partial charge in [0.15, 0.2) is 0 Å². The first-order valence-corrected chi connectivity index (χ1v) is 12.5. The van der Waals surface area contributed by atoms with Crippen molar-refractivity contribution in [1.29, 1.82) is 0 Å². The van der Waals surface area contributed by atoms with Gasteiger partial charge in [-0.3, -0.25) is 4.79 Å². The van der Waals surface area contributed by atoms with Crippen molar-refractivity contribution >= 4 is 35.1 Å². The summed E-state index contributed by atoms with van der Waals surface area (Å²) in [6.07, 6.45) is 3.17. The predicted molar refractivity (Wildman–Crippen MR) is 146 cm³/mol. The summed E-state index contributed by atoms with van der Waals surface area (Å²) in [5.74, 6) is 1.66. The zero-order valence-electron chi connectivity index (χ0n) is 20.5. The SMILES string of the molecule is Nc1ccccc1NC(=O)c1ccc(CNc2nc(NC3CC3)nc(NCCc3ccccc3)[nH+]2)cc1. The number of H-pyrrole nitrogens is 1. The Kier molecular flexibility index (Phi) is 7.40. The molecule has 1 aromatic heterocycles. The minimum atomic E-state index is -0.205. The van der Waals surface area contributed by atoms with Crippen molar-refractivity contribution in [2.24, 2.45) is 0 Å². The molecule has 7 N–H and O–H groups in total. The number of aromatic nitrogens is 3. The highest BCUT2D eigenvalue weighted by Gasteiger charge is 2.24. The van der Waals surface area contributed by atoms with Gasteiger partial charge in [0.1, 0.15) is 0 Å². The number of carbonyl (C=O) groups is 1. The molecule has 1 heterocycles. The van der Waals surface area contributed by atoms with Crippen molar-refractivity contribution in [2.75, 3.05) is 33.5 Å². The number of nitrogens with zero attached hydrogens (tertiary/aromatic N) is 2. The monoisotopic (exact) mass is 495 g/mol. The fraction of sp³-hybridized carbons (Fsp3) is 0.214. The molecule has 37 heavy (non-hydrogen) atoms. The van der Waals surface area contributed by atoms with E-state index >= 15 is 0 Å². The van der Waals surface area contributed by atoms with Crippen LogP contribution in [0, 0.1) is 0 Å². The lowest BCUT2D eigenvalue weighted by molar-refractivity contribution is -0.352. The molecule has 0 atom stereocenters. The van der Waals surface area contributed by atoms with Gasteiger partial charge in [-0.05, 0) is 54.7 Å².